The largest absolute Gasteiger partial charge is 0.341 e. The first-order chi connectivity index (χ1) is 10.6. The maximum absolute atomic E-state index is 12.6. The molecule has 6 nitrogen and oxygen atoms in total. The van der Waals surface area contributed by atoms with Crippen molar-refractivity contribution in [2.75, 3.05) is 19.6 Å². The van der Waals surface area contributed by atoms with Crippen LogP contribution in [-0.2, 0) is 9.59 Å². The molecule has 0 radical (unpaired) electrons. The van der Waals surface area contributed by atoms with E-state index in [1.807, 2.05) is 34.6 Å². The van der Waals surface area contributed by atoms with Gasteiger partial charge in [-0.05, 0) is 25.2 Å². The normalized spacial score (nSPS) is 21.3. The molecule has 132 valence electrons. The molecule has 4 amide bonds. The number of nitrogens with zero attached hydrogens (tertiary/aromatic N) is 2. The maximum Gasteiger partial charge on any atom is 0.325 e. The van der Waals surface area contributed by atoms with Crippen molar-refractivity contribution in [3.8, 4) is 0 Å². The van der Waals surface area contributed by atoms with E-state index in [1.54, 1.807) is 11.8 Å². The Kier molecular flexibility index (Phi) is 6.59. The van der Waals surface area contributed by atoms with Gasteiger partial charge in [0.25, 0.3) is 5.91 Å². The van der Waals surface area contributed by atoms with Gasteiger partial charge >= 0.3 is 6.03 Å². The topological polar surface area (TPSA) is 69.7 Å². The average Bonchev–Trinajstić information content (AvgIpc) is 2.61. The molecule has 1 saturated heterocycles. The van der Waals surface area contributed by atoms with Gasteiger partial charge in [0.15, 0.2) is 0 Å². The van der Waals surface area contributed by atoms with Crippen molar-refractivity contribution in [2.24, 2.45) is 11.8 Å². The van der Waals surface area contributed by atoms with E-state index >= 15 is 0 Å². The summed E-state index contributed by atoms with van der Waals surface area (Å²) in [5.41, 5.74) is -0.882. The minimum Gasteiger partial charge on any atom is -0.341 e. The predicted molar refractivity (Wildman–Crippen MR) is 89.8 cm³/mol. The Bertz CT molecular complexity index is 452. The lowest BCUT2D eigenvalue weighted by Crippen LogP contribution is -2.47. The van der Waals surface area contributed by atoms with Crippen LogP contribution in [0.2, 0.25) is 0 Å². The van der Waals surface area contributed by atoms with Crippen LogP contribution in [0.15, 0.2) is 0 Å². The van der Waals surface area contributed by atoms with Crippen molar-refractivity contribution < 1.29 is 14.4 Å². The molecule has 0 bridgehead atoms. The summed E-state index contributed by atoms with van der Waals surface area (Å²) in [6.07, 6.45) is 1.36. The fourth-order valence-corrected chi connectivity index (χ4v) is 2.96. The molecule has 23 heavy (non-hydrogen) atoms. The molecule has 0 saturated carbocycles. The number of urea groups is 1. The Balaban J connectivity index is 2.81. The lowest BCUT2D eigenvalue weighted by Gasteiger charge is -2.28. The van der Waals surface area contributed by atoms with Gasteiger partial charge < -0.3 is 10.2 Å². The molecule has 6 heteroatoms. The second-order valence-electron chi connectivity index (χ2n) is 7.49. The molecule has 1 N–H and O–H groups in total. The third-order valence-electron chi connectivity index (χ3n) is 3.91. The van der Waals surface area contributed by atoms with E-state index in [0.717, 1.165) is 11.3 Å². The molecule has 1 atom stereocenters. The highest BCUT2D eigenvalue weighted by atomic mass is 16.2. The maximum atomic E-state index is 12.6. The first-order valence-electron chi connectivity index (χ1n) is 8.52. The first-order valence-corrected chi connectivity index (χ1v) is 8.52. The summed E-state index contributed by atoms with van der Waals surface area (Å²) in [5.74, 6) is 0.209. The van der Waals surface area contributed by atoms with E-state index < -0.39 is 11.6 Å². The van der Waals surface area contributed by atoms with Gasteiger partial charge in [-0.2, -0.15) is 0 Å². The van der Waals surface area contributed by atoms with Crippen molar-refractivity contribution in [3.05, 3.63) is 0 Å². The van der Waals surface area contributed by atoms with Crippen molar-refractivity contribution >= 4 is 17.8 Å². The molecule has 0 aromatic carbocycles. The van der Waals surface area contributed by atoms with Gasteiger partial charge in [0, 0.05) is 13.1 Å². The fourth-order valence-electron chi connectivity index (χ4n) is 2.96. The second-order valence-corrected chi connectivity index (χ2v) is 7.49. The summed E-state index contributed by atoms with van der Waals surface area (Å²) < 4.78 is 0. The molecule has 0 aromatic rings. The van der Waals surface area contributed by atoms with Gasteiger partial charge in [-0.3, -0.25) is 14.5 Å². The number of nitrogens with one attached hydrogen (secondary N) is 1. The summed E-state index contributed by atoms with van der Waals surface area (Å²) >= 11 is 0. The van der Waals surface area contributed by atoms with E-state index in [1.165, 1.54) is 0 Å². The van der Waals surface area contributed by atoms with E-state index in [-0.39, 0.29) is 18.4 Å². The molecule has 0 unspecified atom stereocenters. The number of carbonyl (C=O) groups is 3. The summed E-state index contributed by atoms with van der Waals surface area (Å²) in [6.45, 7) is 13.0. The highest BCUT2D eigenvalue weighted by Crippen LogP contribution is 2.22. The quantitative estimate of drug-likeness (QED) is 0.696. The van der Waals surface area contributed by atoms with E-state index in [2.05, 4.69) is 5.32 Å². The van der Waals surface area contributed by atoms with Crippen LogP contribution in [0.1, 0.15) is 54.4 Å². The first kappa shape index (κ1) is 19.5. The monoisotopic (exact) mass is 325 g/mol. The number of imide groups is 1. The lowest BCUT2D eigenvalue weighted by molar-refractivity contribution is -0.139. The molecule has 1 fully saturated rings. The second kappa shape index (κ2) is 7.79. The van der Waals surface area contributed by atoms with Gasteiger partial charge in [-0.15, -0.1) is 0 Å². The zero-order chi connectivity index (χ0) is 17.8. The number of rotatable bonds is 8. The van der Waals surface area contributed by atoms with Crippen LogP contribution in [0.4, 0.5) is 4.79 Å². The Morgan fingerprint density at radius 1 is 1.17 bits per heavy atom. The minimum atomic E-state index is -0.882. The summed E-state index contributed by atoms with van der Waals surface area (Å²) in [7, 11) is 0. The van der Waals surface area contributed by atoms with Crippen molar-refractivity contribution in [2.45, 2.75) is 59.9 Å². The van der Waals surface area contributed by atoms with Crippen LogP contribution in [0.3, 0.4) is 0 Å². The molecular weight excluding hydrogens is 294 g/mol. The number of hydrogen-bond donors (Lipinski definition) is 1. The van der Waals surface area contributed by atoms with Crippen molar-refractivity contribution in [1.29, 1.82) is 0 Å². The van der Waals surface area contributed by atoms with Crippen molar-refractivity contribution in [1.82, 2.24) is 15.1 Å². The smallest absolute Gasteiger partial charge is 0.325 e. The van der Waals surface area contributed by atoms with Gasteiger partial charge in [0.2, 0.25) is 5.91 Å². The minimum absolute atomic E-state index is 0.170. The Morgan fingerprint density at radius 3 is 2.13 bits per heavy atom. The molecule has 0 aromatic heterocycles. The van der Waals surface area contributed by atoms with Gasteiger partial charge in [-0.1, -0.05) is 41.0 Å². The van der Waals surface area contributed by atoms with Gasteiger partial charge in [0.05, 0.1) is 0 Å². The van der Waals surface area contributed by atoms with Crippen LogP contribution >= 0.6 is 0 Å². The molecule has 1 aliphatic heterocycles. The number of amides is 4. The Labute approximate surface area is 139 Å². The summed E-state index contributed by atoms with van der Waals surface area (Å²) in [5, 5.41) is 2.72. The van der Waals surface area contributed by atoms with Gasteiger partial charge in [-0.25, -0.2) is 4.79 Å². The standard InChI is InChI=1S/C17H31N3O3/c1-7-8-17(6)15(22)20(16(23)18-17)11-14(21)19(9-12(2)3)10-13(4)5/h12-13H,7-11H2,1-6H3,(H,18,23)/t17-/m1/s1. The molecule has 0 spiro atoms. The summed E-state index contributed by atoms with van der Waals surface area (Å²) in [4.78, 5) is 40.0. The average molecular weight is 325 g/mol. The van der Waals surface area contributed by atoms with Crippen LogP contribution in [0.25, 0.3) is 0 Å². The molecule has 1 rings (SSSR count). The van der Waals surface area contributed by atoms with E-state index in [9.17, 15) is 14.4 Å². The SMILES string of the molecule is CCC[C@@]1(C)NC(=O)N(CC(=O)N(CC(C)C)CC(C)C)C1=O. The zero-order valence-corrected chi connectivity index (χ0v) is 15.3. The molecule has 1 heterocycles. The van der Waals surface area contributed by atoms with Crippen molar-refractivity contribution in [3.63, 3.8) is 0 Å². The van der Waals surface area contributed by atoms with E-state index in [4.69, 9.17) is 0 Å². The lowest BCUT2D eigenvalue weighted by atomic mass is 9.96. The molecule has 1 aliphatic rings. The Hall–Kier alpha value is -1.59. The zero-order valence-electron chi connectivity index (χ0n) is 15.3. The number of hydrogen-bond acceptors (Lipinski definition) is 3. The van der Waals surface area contributed by atoms with Crippen LogP contribution in [-0.4, -0.2) is 52.8 Å². The van der Waals surface area contributed by atoms with Crippen LogP contribution < -0.4 is 5.32 Å². The third kappa shape index (κ3) is 4.94. The van der Waals surface area contributed by atoms with Crippen LogP contribution in [0, 0.1) is 11.8 Å². The van der Waals surface area contributed by atoms with Gasteiger partial charge in [0.1, 0.15) is 12.1 Å². The highest BCUT2D eigenvalue weighted by Gasteiger charge is 2.47. The molecule has 0 aliphatic carbocycles. The Morgan fingerprint density at radius 2 is 1.70 bits per heavy atom. The number of carbonyl (C=O) groups excluding carboxylic acids is 3. The van der Waals surface area contributed by atoms with E-state index in [0.29, 0.717) is 31.3 Å². The molecular formula is C17H31N3O3. The van der Waals surface area contributed by atoms with Crippen LogP contribution in [0.5, 0.6) is 0 Å². The highest BCUT2D eigenvalue weighted by molar-refractivity contribution is 6.08. The predicted octanol–water partition coefficient (Wildman–Crippen LogP) is 2.24. The fraction of sp³-hybridized carbons (Fsp3) is 0.824. The summed E-state index contributed by atoms with van der Waals surface area (Å²) in [6, 6.07) is -0.464. The third-order valence-corrected chi connectivity index (χ3v) is 3.91.